The number of aliphatic carboxylic acids is 1. The van der Waals surface area contributed by atoms with Gasteiger partial charge in [-0.05, 0) is 11.6 Å². The summed E-state index contributed by atoms with van der Waals surface area (Å²) in [6.45, 7) is 0.735. The second-order valence-electron chi connectivity index (χ2n) is 4.28. The molecule has 1 aromatic carbocycles. The van der Waals surface area contributed by atoms with Crippen molar-refractivity contribution in [3.63, 3.8) is 0 Å². The standard InChI is InChI=1S/C13H16N2O4/c1-19-7-6-14-13(18)15-10-5-3-2-4-9(10)8-11(15)12(16)17/h2-5,11H,6-8H2,1H3,(H,14,18)(H,16,17). The van der Waals surface area contributed by atoms with Gasteiger partial charge >= 0.3 is 12.0 Å². The summed E-state index contributed by atoms with van der Waals surface area (Å²) in [5, 5.41) is 11.9. The van der Waals surface area contributed by atoms with Gasteiger partial charge in [0.05, 0.1) is 6.61 Å². The number of nitrogens with zero attached hydrogens (tertiary/aromatic N) is 1. The van der Waals surface area contributed by atoms with Crippen molar-refractivity contribution in [1.29, 1.82) is 0 Å². The molecule has 19 heavy (non-hydrogen) atoms. The molecule has 2 amide bonds. The third-order valence-electron chi connectivity index (χ3n) is 3.06. The first-order chi connectivity index (χ1) is 9.15. The number of para-hydroxylation sites is 1. The molecule has 0 aromatic heterocycles. The lowest BCUT2D eigenvalue weighted by atomic mass is 10.1. The monoisotopic (exact) mass is 264 g/mol. The Hall–Kier alpha value is -2.08. The third-order valence-corrected chi connectivity index (χ3v) is 3.06. The highest BCUT2D eigenvalue weighted by atomic mass is 16.5. The molecule has 0 aliphatic carbocycles. The van der Waals surface area contributed by atoms with E-state index in [0.29, 0.717) is 25.3 Å². The lowest BCUT2D eigenvalue weighted by molar-refractivity contribution is -0.138. The summed E-state index contributed by atoms with van der Waals surface area (Å²) in [4.78, 5) is 24.7. The van der Waals surface area contributed by atoms with E-state index >= 15 is 0 Å². The van der Waals surface area contributed by atoms with Crippen LogP contribution in [0.5, 0.6) is 0 Å². The van der Waals surface area contributed by atoms with E-state index in [1.807, 2.05) is 12.1 Å². The molecule has 1 aliphatic rings. The number of carboxylic acids is 1. The molecule has 6 nitrogen and oxygen atoms in total. The molecule has 102 valence electrons. The fourth-order valence-electron chi connectivity index (χ4n) is 2.18. The number of carboxylic acid groups (broad SMARTS) is 1. The Balaban J connectivity index is 2.19. The van der Waals surface area contributed by atoms with E-state index in [-0.39, 0.29) is 0 Å². The zero-order valence-electron chi connectivity index (χ0n) is 10.6. The van der Waals surface area contributed by atoms with Crippen molar-refractivity contribution in [2.45, 2.75) is 12.5 Å². The van der Waals surface area contributed by atoms with Crippen LogP contribution in [0.25, 0.3) is 0 Å². The fraction of sp³-hybridized carbons (Fsp3) is 0.385. The first-order valence-electron chi connectivity index (χ1n) is 6.02. The summed E-state index contributed by atoms with van der Waals surface area (Å²) in [6.07, 6.45) is 0.337. The Morgan fingerprint density at radius 3 is 2.89 bits per heavy atom. The molecule has 6 heteroatoms. The number of hydrogen-bond acceptors (Lipinski definition) is 3. The number of amides is 2. The number of carbonyl (C=O) groups is 2. The molecule has 0 spiro atoms. The first-order valence-corrected chi connectivity index (χ1v) is 6.02. The molecule has 1 unspecified atom stereocenters. The number of anilines is 1. The Morgan fingerprint density at radius 1 is 1.47 bits per heavy atom. The van der Waals surface area contributed by atoms with E-state index in [9.17, 15) is 14.7 Å². The molecular weight excluding hydrogens is 248 g/mol. The van der Waals surface area contributed by atoms with Crippen LogP contribution < -0.4 is 10.2 Å². The maximum atomic E-state index is 12.1. The molecule has 0 saturated heterocycles. The van der Waals surface area contributed by atoms with Gasteiger partial charge in [0.2, 0.25) is 0 Å². The van der Waals surface area contributed by atoms with E-state index < -0.39 is 18.0 Å². The van der Waals surface area contributed by atoms with Crippen LogP contribution in [0.3, 0.4) is 0 Å². The van der Waals surface area contributed by atoms with Crippen molar-refractivity contribution < 1.29 is 19.4 Å². The van der Waals surface area contributed by atoms with Gasteiger partial charge in [0.15, 0.2) is 0 Å². The fourth-order valence-corrected chi connectivity index (χ4v) is 2.18. The Kier molecular flexibility index (Phi) is 4.01. The van der Waals surface area contributed by atoms with Crippen LogP contribution in [0.4, 0.5) is 10.5 Å². The molecule has 0 saturated carbocycles. The van der Waals surface area contributed by atoms with Gasteiger partial charge in [-0.15, -0.1) is 0 Å². The molecule has 0 bridgehead atoms. The van der Waals surface area contributed by atoms with Crippen molar-refractivity contribution in [2.75, 3.05) is 25.2 Å². The number of carbonyl (C=O) groups excluding carboxylic acids is 1. The van der Waals surface area contributed by atoms with E-state index in [0.717, 1.165) is 5.56 Å². The minimum absolute atomic E-state index is 0.337. The summed E-state index contributed by atoms with van der Waals surface area (Å²) in [7, 11) is 1.54. The number of rotatable bonds is 4. The normalized spacial score (nSPS) is 17.1. The SMILES string of the molecule is COCCNC(=O)N1c2ccccc2CC1C(=O)O. The Bertz CT molecular complexity index is 489. The van der Waals surface area contributed by atoms with E-state index in [1.165, 1.54) is 12.0 Å². The van der Waals surface area contributed by atoms with Crippen molar-refractivity contribution in [3.05, 3.63) is 29.8 Å². The number of methoxy groups -OCH3 is 1. The smallest absolute Gasteiger partial charge is 0.327 e. The number of ether oxygens (including phenoxy) is 1. The summed E-state index contributed by atoms with van der Waals surface area (Å²) >= 11 is 0. The summed E-state index contributed by atoms with van der Waals surface area (Å²) < 4.78 is 4.85. The van der Waals surface area contributed by atoms with Crippen LogP contribution in [-0.4, -0.2) is 43.4 Å². The van der Waals surface area contributed by atoms with E-state index in [1.54, 1.807) is 12.1 Å². The average Bonchev–Trinajstić information content (AvgIpc) is 2.78. The van der Waals surface area contributed by atoms with Crippen LogP contribution in [0.15, 0.2) is 24.3 Å². The molecule has 1 aromatic rings. The average molecular weight is 264 g/mol. The minimum Gasteiger partial charge on any atom is -0.480 e. The van der Waals surface area contributed by atoms with Crippen LogP contribution in [-0.2, 0) is 16.0 Å². The van der Waals surface area contributed by atoms with Gasteiger partial charge in [-0.3, -0.25) is 4.90 Å². The molecule has 1 aliphatic heterocycles. The van der Waals surface area contributed by atoms with Crippen LogP contribution in [0, 0.1) is 0 Å². The van der Waals surface area contributed by atoms with Gasteiger partial charge in [-0.25, -0.2) is 9.59 Å². The maximum absolute atomic E-state index is 12.1. The summed E-state index contributed by atoms with van der Waals surface area (Å²) in [5.41, 5.74) is 1.53. The molecule has 0 fully saturated rings. The highest BCUT2D eigenvalue weighted by Gasteiger charge is 2.38. The number of fused-ring (bicyclic) bond motifs is 1. The topological polar surface area (TPSA) is 78.9 Å². The highest BCUT2D eigenvalue weighted by molar-refractivity contribution is 6.01. The van der Waals surface area contributed by atoms with Gasteiger partial charge in [-0.1, -0.05) is 18.2 Å². The molecular formula is C13H16N2O4. The van der Waals surface area contributed by atoms with Gasteiger partial charge in [0.25, 0.3) is 0 Å². The molecule has 2 rings (SSSR count). The van der Waals surface area contributed by atoms with Crippen LogP contribution >= 0.6 is 0 Å². The number of hydrogen-bond donors (Lipinski definition) is 2. The molecule has 1 heterocycles. The van der Waals surface area contributed by atoms with Crippen molar-refractivity contribution in [3.8, 4) is 0 Å². The zero-order valence-corrected chi connectivity index (χ0v) is 10.6. The summed E-state index contributed by atoms with van der Waals surface area (Å²) in [5.74, 6) is -1.00. The van der Waals surface area contributed by atoms with Gasteiger partial charge in [-0.2, -0.15) is 0 Å². The highest BCUT2D eigenvalue weighted by Crippen LogP contribution is 2.31. The van der Waals surface area contributed by atoms with Crippen LogP contribution in [0.2, 0.25) is 0 Å². The predicted octanol–water partition coefficient (Wildman–Crippen LogP) is 0.858. The van der Waals surface area contributed by atoms with Gasteiger partial charge < -0.3 is 15.2 Å². The van der Waals surface area contributed by atoms with E-state index in [2.05, 4.69) is 5.32 Å². The lowest BCUT2D eigenvalue weighted by Gasteiger charge is -2.22. The zero-order chi connectivity index (χ0) is 13.8. The second kappa shape index (κ2) is 5.71. The van der Waals surface area contributed by atoms with E-state index in [4.69, 9.17) is 4.74 Å². The van der Waals surface area contributed by atoms with Crippen molar-refractivity contribution in [2.24, 2.45) is 0 Å². The summed E-state index contributed by atoms with van der Waals surface area (Å²) in [6, 6.07) is 5.97. The number of benzene rings is 1. The van der Waals surface area contributed by atoms with Crippen molar-refractivity contribution >= 4 is 17.7 Å². The second-order valence-corrected chi connectivity index (χ2v) is 4.28. The first kappa shape index (κ1) is 13.4. The maximum Gasteiger partial charge on any atom is 0.327 e. The molecule has 2 N–H and O–H groups in total. The number of nitrogens with one attached hydrogen (secondary N) is 1. The lowest BCUT2D eigenvalue weighted by Crippen LogP contribution is -2.48. The minimum atomic E-state index is -1.00. The Labute approximate surface area is 111 Å². The quantitative estimate of drug-likeness (QED) is 0.790. The van der Waals surface area contributed by atoms with Crippen molar-refractivity contribution in [1.82, 2.24) is 5.32 Å². The van der Waals surface area contributed by atoms with Crippen LogP contribution in [0.1, 0.15) is 5.56 Å². The third kappa shape index (κ3) is 2.68. The van der Waals surface area contributed by atoms with Gasteiger partial charge in [0.1, 0.15) is 6.04 Å². The largest absolute Gasteiger partial charge is 0.480 e. The molecule has 0 radical (unpaired) electrons. The molecule has 1 atom stereocenters. The van der Waals surface area contributed by atoms with Gasteiger partial charge in [0, 0.05) is 25.8 Å². The Morgan fingerprint density at radius 2 is 2.21 bits per heavy atom. The number of urea groups is 1. The predicted molar refractivity (Wildman–Crippen MR) is 69.3 cm³/mol.